The van der Waals surface area contributed by atoms with Crippen molar-refractivity contribution >= 4 is 46.2 Å². The van der Waals surface area contributed by atoms with Crippen molar-refractivity contribution < 1.29 is 23.5 Å². The second kappa shape index (κ2) is 12.5. The Morgan fingerprint density at radius 1 is 1.15 bits per heavy atom. The van der Waals surface area contributed by atoms with E-state index >= 15 is 0 Å². The van der Waals surface area contributed by atoms with Crippen LogP contribution in [-0.4, -0.2) is 25.0 Å². The molecule has 1 heterocycles. The van der Waals surface area contributed by atoms with Crippen LogP contribution < -0.4 is 20.1 Å². The number of hydrogen-bond donors (Lipinski definition) is 2. The van der Waals surface area contributed by atoms with Crippen molar-refractivity contribution in [3.05, 3.63) is 81.3 Å². The number of rotatable bonds is 10. The van der Waals surface area contributed by atoms with Gasteiger partial charge < -0.3 is 24.5 Å². The standard InChI is InChI=1S/C25H22IN3O5/c1-2-32-22-13-17(11-18(14-27)25(31)28-15-20-9-6-10-33-20)12-21(26)24(22)34-16-23(30)29-19-7-4-3-5-8-19/h3-13H,2,15-16H2,1H3,(H,28,31)(H,29,30)/b18-11-. The van der Waals surface area contributed by atoms with Crippen molar-refractivity contribution in [2.45, 2.75) is 13.5 Å². The normalized spacial score (nSPS) is 10.8. The average molecular weight is 571 g/mol. The second-order valence-electron chi connectivity index (χ2n) is 6.90. The fourth-order valence-corrected chi connectivity index (χ4v) is 3.70. The van der Waals surface area contributed by atoms with Gasteiger partial charge in [0.05, 0.1) is 23.0 Å². The Balaban J connectivity index is 1.73. The molecule has 0 atom stereocenters. The monoisotopic (exact) mass is 571 g/mol. The molecule has 0 bridgehead atoms. The van der Waals surface area contributed by atoms with E-state index in [1.54, 1.807) is 36.4 Å². The lowest BCUT2D eigenvalue weighted by molar-refractivity contribution is -0.118. The van der Waals surface area contributed by atoms with E-state index in [2.05, 4.69) is 33.2 Å². The third-order valence-electron chi connectivity index (χ3n) is 4.42. The average Bonchev–Trinajstić information content (AvgIpc) is 3.35. The lowest BCUT2D eigenvalue weighted by atomic mass is 10.1. The third kappa shape index (κ3) is 7.11. The highest BCUT2D eigenvalue weighted by atomic mass is 127. The number of hydrogen-bond acceptors (Lipinski definition) is 6. The molecule has 3 rings (SSSR count). The highest BCUT2D eigenvalue weighted by Crippen LogP contribution is 2.35. The molecule has 0 unspecified atom stereocenters. The van der Waals surface area contributed by atoms with Crippen LogP contribution in [-0.2, 0) is 16.1 Å². The lowest BCUT2D eigenvalue weighted by Crippen LogP contribution is -2.23. The molecule has 9 heteroatoms. The number of anilines is 1. The van der Waals surface area contributed by atoms with Crippen molar-refractivity contribution in [2.24, 2.45) is 0 Å². The summed E-state index contributed by atoms with van der Waals surface area (Å²) in [6.07, 6.45) is 2.97. The number of carbonyl (C=O) groups excluding carboxylic acids is 2. The van der Waals surface area contributed by atoms with Crippen molar-refractivity contribution in [1.82, 2.24) is 5.32 Å². The van der Waals surface area contributed by atoms with Crippen molar-refractivity contribution in [1.29, 1.82) is 5.26 Å². The number of nitrogens with one attached hydrogen (secondary N) is 2. The maximum atomic E-state index is 12.4. The summed E-state index contributed by atoms with van der Waals surface area (Å²) < 4.78 is 17.3. The topological polar surface area (TPSA) is 114 Å². The molecule has 0 aliphatic heterocycles. The number of ether oxygens (including phenoxy) is 2. The summed E-state index contributed by atoms with van der Waals surface area (Å²) in [5.41, 5.74) is 1.19. The van der Waals surface area contributed by atoms with Crippen LogP contribution in [0.1, 0.15) is 18.2 Å². The molecule has 0 saturated heterocycles. The smallest absolute Gasteiger partial charge is 0.262 e. The number of para-hydroxylation sites is 1. The molecule has 2 N–H and O–H groups in total. The first kappa shape index (κ1) is 24.9. The summed E-state index contributed by atoms with van der Waals surface area (Å²) in [6.45, 7) is 2.15. The minimum absolute atomic E-state index is 0.0688. The highest BCUT2D eigenvalue weighted by molar-refractivity contribution is 14.1. The molecule has 0 aliphatic rings. The molecule has 2 amide bonds. The number of nitriles is 1. The van der Waals surface area contributed by atoms with E-state index in [9.17, 15) is 14.9 Å². The Hall–Kier alpha value is -3.78. The van der Waals surface area contributed by atoms with Gasteiger partial charge in [0.2, 0.25) is 0 Å². The van der Waals surface area contributed by atoms with E-state index in [4.69, 9.17) is 13.9 Å². The zero-order chi connectivity index (χ0) is 24.3. The molecule has 0 spiro atoms. The van der Waals surface area contributed by atoms with Crippen LogP contribution in [0, 0.1) is 14.9 Å². The van der Waals surface area contributed by atoms with E-state index in [-0.39, 0.29) is 24.6 Å². The first-order valence-electron chi connectivity index (χ1n) is 10.4. The fourth-order valence-electron chi connectivity index (χ4n) is 2.92. The molecule has 3 aromatic rings. The number of halogens is 1. The summed E-state index contributed by atoms with van der Waals surface area (Å²) in [5, 5.41) is 14.9. The fraction of sp³-hybridized carbons (Fsp3) is 0.160. The summed E-state index contributed by atoms with van der Waals surface area (Å²) in [4.78, 5) is 24.7. The van der Waals surface area contributed by atoms with Crippen LogP contribution in [0.2, 0.25) is 0 Å². The van der Waals surface area contributed by atoms with Gasteiger partial charge in [-0.25, -0.2) is 0 Å². The summed E-state index contributed by atoms with van der Waals surface area (Å²) in [6, 6.07) is 17.8. The van der Waals surface area contributed by atoms with E-state index in [1.807, 2.05) is 31.2 Å². The Morgan fingerprint density at radius 2 is 1.94 bits per heavy atom. The van der Waals surface area contributed by atoms with Crippen LogP contribution in [0.3, 0.4) is 0 Å². The van der Waals surface area contributed by atoms with Gasteiger partial charge in [0.15, 0.2) is 18.1 Å². The molecule has 0 saturated carbocycles. The summed E-state index contributed by atoms with van der Waals surface area (Å²) >= 11 is 2.06. The Morgan fingerprint density at radius 3 is 2.62 bits per heavy atom. The van der Waals surface area contributed by atoms with Gasteiger partial charge in [-0.3, -0.25) is 9.59 Å². The van der Waals surface area contributed by atoms with Gasteiger partial charge in [-0.15, -0.1) is 0 Å². The van der Waals surface area contributed by atoms with Gasteiger partial charge in [0, 0.05) is 5.69 Å². The molecule has 0 radical (unpaired) electrons. The van der Waals surface area contributed by atoms with Gasteiger partial charge in [-0.2, -0.15) is 5.26 Å². The maximum absolute atomic E-state index is 12.4. The van der Waals surface area contributed by atoms with Crippen LogP contribution in [0.25, 0.3) is 6.08 Å². The van der Waals surface area contributed by atoms with Crippen LogP contribution >= 0.6 is 22.6 Å². The van der Waals surface area contributed by atoms with E-state index in [0.29, 0.717) is 38.7 Å². The molecule has 174 valence electrons. The lowest BCUT2D eigenvalue weighted by Gasteiger charge is -2.15. The largest absolute Gasteiger partial charge is 0.490 e. The number of furan rings is 1. The minimum atomic E-state index is -0.523. The first-order valence-corrected chi connectivity index (χ1v) is 11.4. The maximum Gasteiger partial charge on any atom is 0.262 e. The SMILES string of the molecule is CCOc1cc(/C=C(/C#N)C(=O)NCc2ccco2)cc(I)c1OCC(=O)Nc1ccccc1. The highest BCUT2D eigenvalue weighted by Gasteiger charge is 2.16. The van der Waals surface area contributed by atoms with Crippen molar-refractivity contribution in [3.8, 4) is 17.6 Å². The molecule has 1 aromatic heterocycles. The third-order valence-corrected chi connectivity index (χ3v) is 5.22. The van der Waals surface area contributed by atoms with Gasteiger partial charge in [0.25, 0.3) is 11.8 Å². The Kier molecular flexibility index (Phi) is 9.11. The quantitative estimate of drug-likeness (QED) is 0.210. The van der Waals surface area contributed by atoms with Gasteiger partial charge in [0.1, 0.15) is 17.4 Å². The molecule has 0 fully saturated rings. The van der Waals surface area contributed by atoms with Gasteiger partial charge in [-0.05, 0) is 77.6 Å². The predicted molar refractivity (Wildman–Crippen MR) is 135 cm³/mol. The van der Waals surface area contributed by atoms with Gasteiger partial charge in [-0.1, -0.05) is 18.2 Å². The van der Waals surface area contributed by atoms with E-state index in [0.717, 1.165) is 0 Å². The zero-order valence-corrected chi connectivity index (χ0v) is 20.5. The Labute approximate surface area is 210 Å². The molecule has 0 aliphatic carbocycles. The minimum Gasteiger partial charge on any atom is -0.490 e. The molecular formula is C25H22IN3O5. The molecule has 2 aromatic carbocycles. The number of carbonyl (C=O) groups is 2. The molecule has 34 heavy (non-hydrogen) atoms. The number of amides is 2. The summed E-state index contributed by atoms with van der Waals surface area (Å²) in [7, 11) is 0. The molecular weight excluding hydrogens is 549 g/mol. The van der Waals surface area contributed by atoms with Crippen LogP contribution in [0.15, 0.2) is 70.9 Å². The zero-order valence-electron chi connectivity index (χ0n) is 18.3. The first-order chi connectivity index (χ1) is 16.5. The van der Waals surface area contributed by atoms with Crippen molar-refractivity contribution in [3.63, 3.8) is 0 Å². The van der Waals surface area contributed by atoms with E-state index in [1.165, 1.54) is 12.3 Å². The number of benzene rings is 2. The van der Waals surface area contributed by atoms with Crippen molar-refractivity contribution in [2.75, 3.05) is 18.5 Å². The van der Waals surface area contributed by atoms with Crippen LogP contribution in [0.4, 0.5) is 5.69 Å². The molecule has 8 nitrogen and oxygen atoms in total. The van der Waals surface area contributed by atoms with E-state index < -0.39 is 5.91 Å². The predicted octanol–water partition coefficient (Wildman–Crippen LogP) is 4.52. The van der Waals surface area contributed by atoms with Crippen LogP contribution in [0.5, 0.6) is 11.5 Å². The Bertz CT molecular complexity index is 1200. The second-order valence-corrected chi connectivity index (χ2v) is 8.06. The van der Waals surface area contributed by atoms with Gasteiger partial charge >= 0.3 is 0 Å². The summed E-state index contributed by atoms with van der Waals surface area (Å²) in [5.74, 6) is 0.555. The number of nitrogens with zero attached hydrogens (tertiary/aromatic N) is 1.